The summed E-state index contributed by atoms with van der Waals surface area (Å²) in [7, 11) is 0. The molecule has 2 heterocycles. The Hall–Kier alpha value is -1.99. The SMILES string of the molecule is CCC(C)C(N)C(=O)Nc1n[nH]c(-c2ccccn2)n1.Cl. The number of anilines is 1. The lowest BCUT2D eigenvalue weighted by atomic mass is 10.00. The number of nitrogens with zero attached hydrogens (tertiary/aromatic N) is 3. The first-order chi connectivity index (χ1) is 9.61. The Bertz CT molecular complexity index is 573. The molecule has 114 valence electrons. The molecular weight excluding hydrogens is 292 g/mol. The summed E-state index contributed by atoms with van der Waals surface area (Å²) in [5, 5.41) is 9.27. The molecule has 2 aromatic rings. The van der Waals surface area contributed by atoms with Crippen LogP contribution in [0.3, 0.4) is 0 Å². The molecule has 2 aromatic heterocycles. The number of hydrogen-bond donors (Lipinski definition) is 3. The van der Waals surface area contributed by atoms with E-state index in [1.165, 1.54) is 0 Å². The van der Waals surface area contributed by atoms with Gasteiger partial charge in [-0.2, -0.15) is 4.98 Å². The molecule has 0 aromatic carbocycles. The highest BCUT2D eigenvalue weighted by molar-refractivity contribution is 5.93. The third kappa shape index (κ3) is 4.24. The van der Waals surface area contributed by atoms with E-state index in [9.17, 15) is 4.79 Å². The molecule has 0 radical (unpaired) electrons. The van der Waals surface area contributed by atoms with Crippen LogP contribution in [0.2, 0.25) is 0 Å². The molecule has 4 N–H and O–H groups in total. The Balaban J connectivity index is 0.00000220. The second-order valence-electron chi connectivity index (χ2n) is 4.62. The predicted molar refractivity (Wildman–Crippen MR) is 82.9 cm³/mol. The third-order valence-electron chi connectivity index (χ3n) is 3.19. The summed E-state index contributed by atoms with van der Waals surface area (Å²) >= 11 is 0. The molecule has 2 unspecified atom stereocenters. The summed E-state index contributed by atoms with van der Waals surface area (Å²) < 4.78 is 0. The number of aromatic amines is 1. The Morgan fingerprint density at radius 3 is 2.86 bits per heavy atom. The van der Waals surface area contributed by atoms with E-state index in [0.29, 0.717) is 11.5 Å². The molecule has 1 amide bonds. The van der Waals surface area contributed by atoms with Gasteiger partial charge in [0.2, 0.25) is 11.9 Å². The van der Waals surface area contributed by atoms with Crippen LogP contribution in [0.15, 0.2) is 24.4 Å². The van der Waals surface area contributed by atoms with Gasteiger partial charge in [-0.05, 0) is 18.1 Å². The van der Waals surface area contributed by atoms with Crippen LogP contribution in [0, 0.1) is 5.92 Å². The van der Waals surface area contributed by atoms with Crippen LogP contribution < -0.4 is 11.1 Å². The van der Waals surface area contributed by atoms with Crippen molar-refractivity contribution in [2.24, 2.45) is 11.7 Å². The van der Waals surface area contributed by atoms with E-state index in [4.69, 9.17) is 5.73 Å². The second kappa shape index (κ2) is 7.70. The summed E-state index contributed by atoms with van der Waals surface area (Å²) in [6.45, 7) is 3.92. The maximum Gasteiger partial charge on any atom is 0.249 e. The molecule has 0 fully saturated rings. The molecular formula is C13H19ClN6O. The fraction of sp³-hybridized carbons (Fsp3) is 0.385. The van der Waals surface area contributed by atoms with Crippen molar-refractivity contribution in [1.82, 2.24) is 20.2 Å². The van der Waals surface area contributed by atoms with Gasteiger partial charge in [-0.3, -0.25) is 20.2 Å². The van der Waals surface area contributed by atoms with Crippen molar-refractivity contribution >= 4 is 24.3 Å². The van der Waals surface area contributed by atoms with Gasteiger partial charge in [0.25, 0.3) is 0 Å². The van der Waals surface area contributed by atoms with Crippen LogP contribution in [0.25, 0.3) is 11.5 Å². The van der Waals surface area contributed by atoms with Gasteiger partial charge in [0.15, 0.2) is 5.82 Å². The highest BCUT2D eigenvalue weighted by Gasteiger charge is 2.20. The zero-order valence-electron chi connectivity index (χ0n) is 11.9. The van der Waals surface area contributed by atoms with Crippen molar-refractivity contribution in [3.63, 3.8) is 0 Å². The zero-order valence-corrected chi connectivity index (χ0v) is 12.7. The monoisotopic (exact) mass is 310 g/mol. The summed E-state index contributed by atoms with van der Waals surface area (Å²) in [4.78, 5) is 20.2. The Kier molecular flexibility index (Phi) is 6.26. The van der Waals surface area contributed by atoms with Gasteiger partial charge in [-0.15, -0.1) is 17.5 Å². The number of carbonyl (C=O) groups excluding carboxylic acids is 1. The van der Waals surface area contributed by atoms with Crippen molar-refractivity contribution in [1.29, 1.82) is 0 Å². The third-order valence-corrected chi connectivity index (χ3v) is 3.19. The molecule has 0 aliphatic heterocycles. The number of halogens is 1. The van der Waals surface area contributed by atoms with E-state index in [0.717, 1.165) is 6.42 Å². The maximum absolute atomic E-state index is 11.9. The number of hydrogen-bond acceptors (Lipinski definition) is 5. The van der Waals surface area contributed by atoms with Gasteiger partial charge in [-0.25, -0.2) is 0 Å². The van der Waals surface area contributed by atoms with Crippen LogP contribution >= 0.6 is 12.4 Å². The van der Waals surface area contributed by atoms with Crippen molar-refractivity contribution < 1.29 is 4.79 Å². The molecule has 8 heteroatoms. The van der Waals surface area contributed by atoms with Crippen LogP contribution in [-0.4, -0.2) is 32.1 Å². The average molecular weight is 311 g/mol. The van der Waals surface area contributed by atoms with E-state index >= 15 is 0 Å². The van der Waals surface area contributed by atoms with E-state index in [2.05, 4.69) is 25.5 Å². The number of H-pyrrole nitrogens is 1. The molecule has 0 aliphatic carbocycles. The highest BCUT2D eigenvalue weighted by Crippen LogP contribution is 2.13. The normalized spacial score (nSPS) is 13.1. The molecule has 0 aliphatic rings. The van der Waals surface area contributed by atoms with Crippen molar-refractivity contribution in [2.75, 3.05) is 5.32 Å². The van der Waals surface area contributed by atoms with Crippen LogP contribution in [0.5, 0.6) is 0 Å². The summed E-state index contributed by atoms with van der Waals surface area (Å²) in [5.41, 5.74) is 6.51. The number of nitrogens with two attached hydrogens (primary N) is 1. The molecule has 0 spiro atoms. The number of aromatic nitrogens is 4. The number of amides is 1. The summed E-state index contributed by atoms with van der Waals surface area (Å²) in [6.07, 6.45) is 2.50. The van der Waals surface area contributed by atoms with Gasteiger partial charge >= 0.3 is 0 Å². The lowest BCUT2D eigenvalue weighted by Crippen LogP contribution is -2.40. The molecule has 0 bridgehead atoms. The molecule has 21 heavy (non-hydrogen) atoms. The smallest absolute Gasteiger partial charge is 0.249 e. The predicted octanol–water partition coefficient (Wildman–Crippen LogP) is 1.60. The molecule has 2 atom stereocenters. The summed E-state index contributed by atoms with van der Waals surface area (Å²) in [5.74, 6) is 0.516. The first-order valence-corrected chi connectivity index (χ1v) is 6.52. The quantitative estimate of drug-likeness (QED) is 0.777. The highest BCUT2D eigenvalue weighted by atomic mass is 35.5. The minimum Gasteiger partial charge on any atom is -0.320 e. The first-order valence-electron chi connectivity index (χ1n) is 6.52. The molecule has 0 saturated carbocycles. The fourth-order valence-corrected chi connectivity index (χ4v) is 1.64. The van der Waals surface area contributed by atoms with E-state index in [-0.39, 0.29) is 30.2 Å². The largest absolute Gasteiger partial charge is 0.320 e. The van der Waals surface area contributed by atoms with Gasteiger partial charge in [0.05, 0.1) is 6.04 Å². The van der Waals surface area contributed by atoms with E-state index in [1.807, 2.05) is 26.0 Å². The number of rotatable bonds is 5. The molecule has 7 nitrogen and oxygen atoms in total. The Morgan fingerprint density at radius 1 is 1.48 bits per heavy atom. The number of nitrogens with one attached hydrogen (secondary N) is 2. The second-order valence-corrected chi connectivity index (χ2v) is 4.62. The minimum absolute atomic E-state index is 0. The lowest BCUT2D eigenvalue weighted by molar-refractivity contribution is -0.118. The average Bonchev–Trinajstić information content (AvgIpc) is 2.95. The van der Waals surface area contributed by atoms with Crippen molar-refractivity contribution in [3.05, 3.63) is 24.4 Å². The van der Waals surface area contributed by atoms with Crippen molar-refractivity contribution in [2.45, 2.75) is 26.3 Å². The number of carbonyl (C=O) groups is 1. The van der Waals surface area contributed by atoms with Crippen LogP contribution in [0.1, 0.15) is 20.3 Å². The summed E-state index contributed by atoms with van der Waals surface area (Å²) in [6, 6.07) is 4.89. The van der Waals surface area contributed by atoms with Crippen molar-refractivity contribution in [3.8, 4) is 11.5 Å². The van der Waals surface area contributed by atoms with Gasteiger partial charge in [0, 0.05) is 6.20 Å². The topological polar surface area (TPSA) is 110 Å². The van der Waals surface area contributed by atoms with Gasteiger partial charge in [-0.1, -0.05) is 26.3 Å². The zero-order chi connectivity index (χ0) is 14.5. The fourth-order valence-electron chi connectivity index (χ4n) is 1.64. The Labute approximate surface area is 129 Å². The van der Waals surface area contributed by atoms with Gasteiger partial charge in [0.1, 0.15) is 5.69 Å². The van der Waals surface area contributed by atoms with Gasteiger partial charge < -0.3 is 5.73 Å². The Morgan fingerprint density at radius 2 is 2.24 bits per heavy atom. The van der Waals surface area contributed by atoms with E-state index < -0.39 is 6.04 Å². The molecule has 0 saturated heterocycles. The maximum atomic E-state index is 11.9. The lowest BCUT2D eigenvalue weighted by Gasteiger charge is -2.16. The first kappa shape index (κ1) is 17.1. The van der Waals surface area contributed by atoms with Crippen LogP contribution in [-0.2, 0) is 4.79 Å². The number of pyridine rings is 1. The molecule has 2 rings (SSSR count). The standard InChI is InChI=1S/C13H18N6O.ClH/c1-3-8(2)10(14)12(20)17-13-16-11(18-19-13)9-6-4-5-7-15-9;/h4-8,10H,3,14H2,1-2H3,(H2,16,17,18,19,20);1H. The minimum atomic E-state index is -0.572. The van der Waals surface area contributed by atoms with E-state index in [1.54, 1.807) is 12.3 Å². The van der Waals surface area contributed by atoms with Crippen LogP contribution in [0.4, 0.5) is 5.95 Å².